The van der Waals surface area contributed by atoms with Gasteiger partial charge >= 0.3 is 0 Å². The lowest BCUT2D eigenvalue weighted by molar-refractivity contribution is -0.742. The summed E-state index contributed by atoms with van der Waals surface area (Å²) in [7, 11) is 0. The monoisotopic (exact) mass is 159 g/mol. The fourth-order valence-electron chi connectivity index (χ4n) is 0.419. The van der Waals surface area contributed by atoms with Crippen LogP contribution in [0.25, 0.3) is 0 Å². The molecule has 0 aromatic carbocycles. The van der Waals surface area contributed by atoms with Gasteiger partial charge in [-0.3, -0.25) is 5.10 Å². The van der Waals surface area contributed by atoms with E-state index in [1.54, 1.807) is 0 Å². The summed E-state index contributed by atoms with van der Waals surface area (Å²) >= 11 is 0. The first kappa shape index (κ1) is 9.41. The van der Waals surface area contributed by atoms with Gasteiger partial charge in [-0.05, 0) is 19.4 Å². The van der Waals surface area contributed by atoms with E-state index in [2.05, 4.69) is 10.2 Å². The number of aromatic nitrogens is 2. The molecule has 6 heteroatoms. The third-order valence-corrected chi connectivity index (χ3v) is 1.08. The largest absolute Gasteiger partial charge is 0.328 e. The Kier molecular flexibility index (Phi) is 3.65. The van der Waals surface area contributed by atoms with Crippen LogP contribution in [0.4, 0.5) is 0 Å². The molecule has 0 atom stereocenters. The first-order valence-electron chi connectivity index (χ1n) is 2.84. The minimum absolute atomic E-state index is 1.08. The highest BCUT2D eigenvalue weighted by Crippen LogP contribution is 1.96. The second-order valence-electron chi connectivity index (χ2n) is 1.89. The van der Waals surface area contributed by atoms with Gasteiger partial charge in [0.15, 0.2) is 0 Å². The molecule has 0 unspecified atom stereocenters. The molecule has 1 heterocycles. The zero-order valence-corrected chi connectivity index (χ0v) is 6.24. The number of aromatic amines is 1. The number of nitrogens with one attached hydrogen (secondary N) is 1. The minimum atomic E-state index is -1.50. The van der Waals surface area contributed by atoms with Gasteiger partial charge in [0.2, 0.25) is 0 Å². The van der Waals surface area contributed by atoms with E-state index in [0.717, 1.165) is 5.69 Å². The lowest BCUT2D eigenvalue weighted by Crippen LogP contribution is -1.81. The molecule has 0 spiro atoms. The van der Waals surface area contributed by atoms with Crippen molar-refractivity contribution in [2.45, 2.75) is 13.8 Å². The number of nitrogens with zero attached hydrogens (tertiary/aromatic N) is 2. The van der Waals surface area contributed by atoms with Gasteiger partial charge < -0.3 is 5.21 Å². The third kappa shape index (κ3) is 4.89. The van der Waals surface area contributed by atoms with E-state index < -0.39 is 5.09 Å². The molecule has 0 radical (unpaired) electrons. The van der Waals surface area contributed by atoms with Crippen molar-refractivity contribution in [2.75, 3.05) is 0 Å². The number of hydrogen-bond acceptors (Lipinski definition) is 3. The van der Waals surface area contributed by atoms with Crippen molar-refractivity contribution in [3.63, 3.8) is 0 Å². The molecular weight excluding hydrogens is 150 g/mol. The zero-order chi connectivity index (χ0) is 8.85. The van der Waals surface area contributed by atoms with E-state index in [1.807, 2.05) is 20.0 Å². The molecule has 0 saturated heterocycles. The average Bonchev–Trinajstić information content (AvgIpc) is 2.15. The molecule has 62 valence electrons. The van der Waals surface area contributed by atoms with Crippen LogP contribution in [-0.2, 0) is 0 Å². The van der Waals surface area contributed by atoms with E-state index >= 15 is 0 Å². The molecule has 0 aliphatic heterocycles. The van der Waals surface area contributed by atoms with Crippen molar-refractivity contribution in [1.82, 2.24) is 10.2 Å². The molecule has 1 aromatic rings. The third-order valence-electron chi connectivity index (χ3n) is 1.08. The molecule has 0 saturated carbocycles. The summed E-state index contributed by atoms with van der Waals surface area (Å²) in [6.45, 7) is 4.00. The van der Waals surface area contributed by atoms with Gasteiger partial charge in [0, 0.05) is 6.20 Å². The quantitative estimate of drug-likeness (QED) is 0.430. The number of aryl methyl sites for hydroxylation is 2. The van der Waals surface area contributed by atoms with Crippen molar-refractivity contribution in [2.24, 2.45) is 0 Å². The first-order valence-corrected chi connectivity index (χ1v) is 2.84. The summed E-state index contributed by atoms with van der Waals surface area (Å²) in [4.78, 5) is 8.36. The second kappa shape index (κ2) is 4.26. The Morgan fingerprint density at radius 2 is 2.18 bits per heavy atom. The predicted molar refractivity (Wildman–Crippen MR) is 36.8 cm³/mol. The van der Waals surface area contributed by atoms with Gasteiger partial charge in [-0.15, -0.1) is 10.1 Å². The van der Waals surface area contributed by atoms with Crippen molar-refractivity contribution < 1.29 is 10.3 Å². The van der Waals surface area contributed by atoms with E-state index in [1.165, 1.54) is 5.56 Å². The van der Waals surface area contributed by atoms with Gasteiger partial charge in [-0.2, -0.15) is 5.10 Å². The fourth-order valence-corrected chi connectivity index (χ4v) is 0.419. The van der Waals surface area contributed by atoms with Crippen molar-refractivity contribution >= 4 is 0 Å². The summed E-state index contributed by atoms with van der Waals surface area (Å²) in [6.07, 6.45) is 1.88. The first-order chi connectivity index (χ1) is 5.04. The summed E-state index contributed by atoms with van der Waals surface area (Å²) in [6, 6.07) is 0. The molecule has 1 aromatic heterocycles. The van der Waals surface area contributed by atoms with Crippen LogP contribution in [0, 0.1) is 24.0 Å². The number of rotatable bonds is 0. The highest BCUT2D eigenvalue weighted by Gasteiger charge is 1.87. The standard InChI is InChI=1S/C5H8N2.HNO3/c1-4-3-6-7-5(4)2;2-1(3)4/h3H,1-2H3,(H,6,7);(H,2,3,4). The molecule has 2 N–H and O–H groups in total. The Hall–Kier alpha value is -1.59. The molecule has 1 rings (SSSR count). The SMILES string of the molecule is Cc1c[nH]nc1C.O=[N+]([O-])O. The second-order valence-corrected chi connectivity index (χ2v) is 1.89. The Balaban J connectivity index is 0.000000218. The van der Waals surface area contributed by atoms with Crippen LogP contribution in [0.2, 0.25) is 0 Å². The van der Waals surface area contributed by atoms with Crippen LogP contribution < -0.4 is 0 Å². The highest BCUT2D eigenvalue weighted by atomic mass is 16.9. The Morgan fingerprint density at radius 1 is 1.73 bits per heavy atom. The Morgan fingerprint density at radius 3 is 2.27 bits per heavy atom. The molecule has 0 fully saturated rings. The highest BCUT2D eigenvalue weighted by molar-refractivity contribution is 5.10. The average molecular weight is 159 g/mol. The lowest BCUT2D eigenvalue weighted by Gasteiger charge is -1.76. The summed E-state index contributed by atoms with van der Waals surface area (Å²) < 4.78 is 0. The lowest BCUT2D eigenvalue weighted by atomic mass is 10.3. The van der Waals surface area contributed by atoms with E-state index in [-0.39, 0.29) is 0 Å². The summed E-state index contributed by atoms with van der Waals surface area (Å²) in [5.74, 6) is 0. The maximum atomic E-state index is 8.36. The molecule has 0 bridgehead atoms. The van der Waals surface area contributed by atoms with E-state index in [4.69, 9.17) is 15.3 Å². The number of hydrogen-bond donors (Lipinski definition) is 2. The van der Waals surface area contributed by atoms with E-state index in [0.29, 0.717) is 0 Å². The maximum absolute atomic E-state index is 8.36. The molecular formula is C5H9N3O3. The van der Waals surface area contributed by atoms with Crippen molar-refractivity contribution in [1.29, 1.82) is 0 Å². The van der Waals surface area contributed by atoms with Crippen LogP contribution in [0.5, 0.6) is 0 Å². The Labute approximate surface area is 63.0 Å². The number of H-pyrrole nitrogens is 1. The zero-order valence-electron chi connectivity index (χ0n) is 6.24. The van der Waals surface area contributed by atoms with Crippen LogP contribution in [0.3, 0.4) is 0 Å². The normalized spacial score (nSPS) is 8.18. The predicted octanol–water partition coefficient (Wildman–Crippen LogP) is 0.679. The molecule has 0 amide bonds. The van der Waals surface area contributed by atoms with Crippen molar-refractivity contribution in [3.05, 3.63) is 27.6 Å². The van der Waals surface area contributed by atoms with Crippen LogP contribution in [0.15, 0.2) is 6.20 Å². The minimum Gasteiger partial charge on any atom is -0.328 e. The Bertz CT molecular complexity index is 212. The topological polar surface area (TPSA) is 92.0 Å². The van der Waals surface area contributed by atoms with Crippen LogP contribution in [0.1, 0.15) is 11.3 Å². The van der Waals surface area contributed by atoms with Gasteiger partial charge in [0.05, 0.1) is 5.69 Å². The fraction of sp³-hybridized carbons (Fsp3) is 0.400. The molecule has 6 nitrogen and oxygen atoms in total. The van der Waals surface area contributed by atoms with Crippen molar-refractivity contribution in [3.8, 4) is 0 Å². The van der Waals surface area contributed by atoms with Crippen LogP contribution in [-0.4, -0.2) is 20.5 Å². The maximum Gasteiger partial charge on any atom is 0.291 e. The smallest absolute Gasteiger partial charge is 0.291 e. The molecule has 0 aliphatic carbocycles. The van der Waals surface area contributed by atoms with Gasteiger partial charge in [-0.1, -0.05) is 0 Å². The van der Waals surface area contributed by atoms with Gasteiger partial charge in [0.1, 0.15) is 0 Å². The van der Waals surface area contributed by atoms with Gasteiger partial charge in [-0.25, -0.2) is 0 Å². The molecule has 0 aliphatic rings. The van der Waals surface area contributed by atoms with Gasteiger partial charge in [0.25, 0.3) is 5.09 Å². The van der Waals surface area contributed by atoms with Crippen LogP contribution >= 0.6 is 0 Å². The van der Waals surface area contributed by atoms with E-state index in [9.17, 15) is 0 Å². The molecule has 11 heavy (non-hydrogen) atoms. The summed E-state index contributed by atoms with van der Waals surface area (Å²) in [5, 5.41) is 20.3. The summed E-state index contributed by atoms with van der Waals surface area (Å²) in [5.41, 5.74) is 2.31.